The van der Waals surface area contributed by atoms with Crippen molar-refractivity contribution in [2.24, 2.45) is 5.41 Å². The number of H-pyrrole nitrogens is 1. The van der Waals surface area contributed by atoms with Gasteiger partial charge >= 0.3 is 0 Å². The quantitative estimate of drug-likeness (QED) is 0.751. The maximum Gasteiger partial charge on any atom is 0.259 e. The zero-order valence-corrected chi connectivity index (χ0v) is 15.8. The van der Waals surface area contributed by atoms with E-state index < -0.39 is 0 Å². The maximum atomic E-state index is 13.2. The number of pyridine rings is 1. The number of nitrogens with one attached hydrogen (secondary N) is 1. The number of ether oxygens (including phenoxy) is 1. The minimum Gasteiger partial charge on any atom is -0.480 e. The molecule has 3 aromatic rings. The summed E-state index contributed by atoms with van der Waals surface area (Å²) in [5.41, 5.74) is 1.49. The summed E-state index contributed by atoms with van der Waals surface area (Å²) >= 11 is 0. The van der Waals surface area contributed by atoms with Gasteiger partial charge in [-0.15, -0.1) is 0 Å². The second-order valence-corrected chi connectivity index (χ2v) is 7.65. The number of aromatic nitrogens is 4. The Kier molecular flexibility index (Phi) is 3.92. The van der Waals surface area contributed by atoms with Crippen LogP contribution in [0.25, 0.3) is 11.0 Å². The molecule has 1 saturated heterocycles. The normalized spacial score (nSPS) is 18.3. The molecule has 5 rings (SSSR count). The van der Waals surface area contributed by atoms with E-state index in [4.69, 9.17) is 4.74 Å². The lowest BCUT2D eigenvalue weighted by Crippen LogP contribution is -2.36. The number of carbonyl (C=O) groups is 1. The van der Waals surface area contributed by atoms with Crippen LogP contribution in [0.2, 0.25) is 0 Å². The van der Waals surface area contributed by atoms with Crippen LogP contribution in [0, 0.1) is 5.41 Å². The van der Waals surface area contributed by atoms with Gasteiger partial charge in [-0.05, 0) is 31.0 Å². The van der Waals surface area contributed by atoms with Gasteiger partial charge in [0.1, 0.15) is 23.4 Å². The maximum absolute atomic E-state index is 13.2. The highest BCUT2D eigenvalue weighted by Crippen LogP contribution is 2.48. The number of fused-ring (bicyclic) bond motifs is 1. The first-order chi connectivity index (χ1) is 13.7. The van der Waals surface area contributed by atoms with Crippen LogP contribution in [-0.4, -0.2) is 64.0 Å². The molecule has 3 aromatic heterocycles. The predicted octanol–water partition coefficient (Wildman–Crippen LogP) is 2.10. The summed E-state index contributed by atoms with van der Waals surface area (Å²) in [5.74, 6) is 1.29. The molecule has 2 aliphatic rings. The van der Waals surface area contributed by atoms with Crippen LogP contribution in [-0.2, 0) is 0 Å². The van der Waals surface area contributed by atoms with Gasteiger partial charge in [-0.25, -0.2) is 15.0 Å². The van der Waals surface area contributed by atoms with E-state index in [0.29, 0.717) is 18.0 Å². The zero-order valence-electron chi connectivity index (χ0n) is 15.8. The van der Waals surface area contributed by atoms with E-state index in [1.165, 1.54) is 0 Å². The Morgan fingerprint density at radius 1 is 1.18 bits per heavy atom. The molecular weight excluding hydrogens is 356 g/mol. The van der Waals surface area contributed by atoms with Gasteiger partial charge in [-0.1, -0.05) is 0 Å². The second kappa shape index (κ2) is 6.47. The minimum absolute atomic E-state index is 0.0208. The molecule has 0 bridgehead atoms. The third-order valence-corrected chi connectivity index (χ3v) is 5.76. The van der Waals surface area contributed by atoms with Gasteiger partial charge in [0.05, 0.1) is 12.5 Å². The lowest BCUT2D eigenvalue weighted by atomic mass is 10.1. The molecule has 1 amide bonds. The smallest absolute Gasteiger partial charge is 0.259 e. The number of rotatable bonds is 3. The van der Waals surface area contributed by atoms with Crippen molar-refractivity contribution in [2.45, 2.75) is 12.8 Å². The van der Waals surface area contributed by atoms with Crippen molar-refractivity contribution >= 4 is 22.8 Å². The lowest BCUT2D eigenvalue weighted by molar-refractivity contribution is 0.0736. The van der Waals surface area contributed by atoms with Gasteiger partial charge in [-0.3, -0.25) is 4.79 Å². The van der Waals surface area contributed by atoms with Crippen LogP contribution >= 0.6 is 0 Å². The average Bonchev–Trinajstić information content (AvgIpc) is 3.37. The van der Waals surface area contributed by atoms with E-state index in [1.54, 1.807) is 31.8 Å². The van der Waals surface area contributed by atoms with E-state index in [2.05, 4.69) is 24.8 Å². The molecule has 28 heavy (non-hydrogen) atoms. The minimum atomic E-state index is -0.0208. The summed E-state index contributed by atoms with van der Waals surface area (Å²) in [6.07, 6.45) is 7.37. The van der Waals surface area contributed by atoms with Gasteiger partial charge in [0.25, 0.3) is 5.91 Å². The SMILES string of the molecule is COc1ncccc1C(=O)N1CCN(c2ncnc3[nH]ccc23)CC2(CC2)C1. The molecule has 1 spiro atoms. The predicted molar refractivity (Wildman–Crippen MR) is 104 cm³/mol. The van der Waals surface area contributed by atoms with Crippen molar-refractivity contribution in [3.63, 3.8) is 0 Å². The molecule has 0 aromatic carbocycles. The van der Waals surface area contributed by atoms with E-state index >= 15 is 0 Å². The highest BCUT2D eigenvalue weighted by molar-refractivity contribution is 5.96. The summed E-state index contributed by atoms with van der Waals surface area (Å²) in [4.78, 5) is 33.6. The van der Waals surface area contributed by atoms with Gasteiger partial charge in [0.15, 0.2) is 0 Å². The van der Waals surface area contributed by atoms with Crippen LogP contribution in [0.1, 0.15) is 23.2 Å². The molecular formula is C20H22N6O2. The Morgan fingerprint density at radius 3 is 2.89 bits per heavy atom. The second-order valence-electron chi connectivity index (χ2n) is 7.65. The van der Waals surface area contributed by atoms with Crippen LogP contribution in [0.4, 0.5) is 5.82 Å². The standard InChI is InChI=1S/C20H22N6O2/c1-28-18-15(3-2-7-22-18)19(27)26-10-9-25(11-20(12-26)5-6-20)17-14-4-8-21-16(14)23-13-24-17/h2-4,7-8,13H,5-6,9-12H2,1H3,(H,21,23,24). The topological polar surface area (TPSA) is 87.2 Å². The number of carbonyl (C=O) groups excluding carboxylic acids is 1. The average molecular weight is 378 g/mol. The number of hydrogen-bond donors (Lipinski definition) is 1. The first kappa shape index (κ1) is 17.0. The number of amides is 1. The Labute approximate surface area is 162 Å². The molecule has 0 radical (unpaired) electrons. The molecule has 4 heterocycles. The van der Waals surface area contributed by atoms with Crippen molar-refractivity contribution in [1.29, 1.82) is 0 Å². The van der Waals surface area contributed by atoms with Crippen molar-refractivity contribution in [1.82, 2.24) is 24.8 Å². The Hall–Kier alpha value is -3.16. The summed E-state index contributed by atoms with van der Waals surface area (Å²) in [7, 11) is 1.54. The fourth-order valence-corrected chi connectivity index (χ4v) is 4.10. The van der Waals surface area contributed by atoms with Crippen molar-refractivity contribution in [2.75, 3.05) is 38.2 Å². The molecule has 2 fully saturated rings. The largest absolute Gasteiger partial charge is 0.480 e. The van der Waals surface area contributed by atoms with Gasteiger partial charge < -0.3 is 19.5 Å². The Morgan fingerprint density at radius 2 is 2.07 bits per heavy atom. The Bertz CT molecular complexity index is 1030. The number of nitrogens with zero attached hydrogens (tertiary/aromatic N) is 5. The number of methoxy groups -OCH3 is 1. The molecule has 144 valence electrons. The number of aromatic amines is 1. The first-order valence-corrected chi connectivity index (χ1v) is 9.50. The third kappa shape index (κ3) is 2.85. The summed E-state index contributed by atoms with van der Waals surface area (Å²) in [6.45, 7) is 3.02. The molecule has 1 saturated carbocycles. The molecule has 1 aliphatic heterocycles. The molecule has 0 atom stereocenters. The molecule has 0 unspecified atom stereocenters. The van der Waals surface area contributed by atoms with E-state index in [0.717, 1.165) is 49.3 Å². The Balaban J connectivity index is 1.44. The first-order valence-electron chi connectivity index (χ1n) is 9.50. The molecule has 8 heteroatoms. The summed E-state index contributed by atoms with van der Waals surface area (Å²) < 4.78 is 5.30. The summed E-state index contributed by atoms with van der Waals surface area (Å²) in [5, 5.41) is 1.02. The van der Waals surface area contributed by atoms with E-state index in [-0.39, 0.29) is 11.3 Å². The van der Waals surface area contributed by atoms with Gasteiger partial charge in [-0.2, -0.15) is 0 Å². The monoisotopic (exact) mass is 378 g/mol. The highest BCUT2D eigenvalue weighted by Gasteiger charge is 2.48. The molecule has 8 nitrogen and oxygen atoms in total. The third-order valence-electron chi connectivity index (χ3n) is 5.76. The van der Waals surface area contributed by atoms with Crippen LogP contribution < -0.4 is 9.64 Å². The zero-order chi connectivity index (χ0) is 19.1. The van der Waals surface area contributed by atoms with Crippen LogP contribution in [0.15, 0.2) is 36.9 Å². The number of hydrogen-bond acceptors (Lipinski definition) is 6. The van der Waals surface area contributed by atoms with Gasteiger partial charge in [0.2, 0.25) is 5.88 Å². The molecule has 1 aliphatic carbocycles. The summed E-state index contributed by atoms with van der Waals surface area (Å²) in [6, 6.07) is 5.57. The van der Waals surface area contributed by atoms with Gasteiger partial charge in [0, 0.05) is 44.0 Å². The fraction of sp³-hybridized carbons (Fsp3) is 0.400. The van der Waals surface area contributed by atoms with Crippen molar-refractivity contribution < 1.29 is 9.53 Å². The van der Waals surface area contributed by atoms with Crippen LogP contribution in [0.5, 0.6) is 5.88 Å². The van der Waals surface area contributed by atoms with E-state index in [1.807, 2.05) is 17.2 Å². The highest BCUT2D eigenvalue weighted by atomic mass is 16.5. The van der Waals surface area contributed by atoms with E-state index in [9.17, 15) is 4.79 Å². The lowest BCUT2D eigenvalue weighted by Gasteiger charge is -2.25. The van der Waals surface area contributed by atoms with Crippen LogP contribution in [0.3, 0.4) is 0 Å². The fourth-order valence-electron chi connectivity index (χ4n) is 4.10. The number of anilines is 1. The van der Waals surface area contributed by atoms with Crippen molar-refractivity contribution in [3.05, 3.63) is 42.5 Å². The molecule has 1 N–H and O–H groups in total. The van der Waals surface area contributed by atoms with Crippen molar-refractivity contribution in [3.8, 4) is 5.88 Å².